The van der Waals surface area contributed by atoms with E-state index in [9.17, 15) is 0 Å². The molecule has 1 aliphatic rings. The molecule has 8 heteroatoms. The minimum absolute atomic E-state index is 0.0886. The molecule has 1 saturated heterocycles. The van der Waals surface area contributed by atoms with E-state index in [1.165, 1.54) is 10.4 Å². The molecule has 0 aliphatic carbocycles. The van der Waals surface area contributed by atoms with Crippen LogP contribution in [0.4, 0.5) is 0 Å². The van der Waals surface area contributed by atoms with Crippen LogP contribution >= 0.6 is 22.6 Å². The van der Waals surface area contributed by atoms with Crippen molar-refractivity contribution in [3.63, 3.8) is 0 Å². The number of rotatable bonds is 14. The Morgan fingerprint density at radius 3 is 2.00 bits per heavy atom. The Morgan fingerprint density at radius 2 is 1.50 bits per heavy atom. The van der Waals surface area contributed by atoms with Crippen LogP contribution in [0.3, 0.4) is 0 Å². The average Bonchev–Trinajstić information content (AvgIpc) is 3.21. The summed E-state index contributed by atoms with van der Waals surface area (Å²) in [5, 5.41) is 2.32. The second-order valence-electron chi connectivity index (χ2n) is 13.2. The fraction of sp³-hybridized carbons (Fsp3) is 0.562. The van der Waals surface area contributed by atoms with Crippen molar-refractivity contribution in [1.29, 1.82) is 0 Å². The number of benzene rings is 2. The largest absolute Gasteiger partial charge is 0.398 e. The van der Waals surface area contributed by atoms with E-state index in [1.54, 1.807) is 0 Å². The number of halogens is 1. The molecule has 3 atom stereocenters. The van der Waals surface area contributed by atoms with E-state index in [1.807, 2.05) is 19.9 Å². The number of hydrogen-bond donors (Lipinski definition) is 0. The first-order valence-electron chi connectivity index (χ1n) is 14.3. The predicted octanol–water partition coefficient (Wildman–Crippen LogP) is 6.77. The Bertz CT molecular complexity index is 1010. The zero-order valence-corrected chi connectivity index (χ0v) is 29.8. The second kappa shape index (κ2) is 14.5. The summed E-state index contributed by atoms with van der Waals surface area (Å²) in [6.45, 7) is 19.4. The molecule has 0 radical (unpaired) electrons. The van der Waals surface area contributed by atoms with Gasteiger partial charge in [0, 0.05) is 19.1 Å². The van der Waals surface area contributed by atoms with Crippen LogP contribution in [-0.2, 0) is 23.4 Å². The maximum absolute atomic E-state index is 7.53. The molecule has 1 heterocycles. The summed E-state index contributed by atoms with van der Waals surface area (Å²) in [7, 11) is -3.94. The zero-order chi connectivity index (χ0) is 29.4. The molecule has 3 rings (SSSR count). The lowest BCUT2D eigenvalue weighted by Crippen LogP contribution is -2.68. The first-order chi connectivity index (χ1) is 18.8. The Kier molecular flexibility index (Phi) is 12.2. The Labute approximate surface area is 258 Å². The van der Waals surface area contributed by atoms with Crippen molar-refractivity contribution in [2.24, 2.45) is 0 Å². The summed E-state index contributed by atoms with van der Waals surface area (Å²) in [5.41, 5.74) is 0. The minimum Gasteiger partial charge on any atom is -0.398 e. The minimum atomic E-state index is -2.82. The first kappa shape index (κ1) is 33.6. The van der Waals surface area contributed by atoms with Crippen LogP contribution in [-0.4, -0.2) is 64.9 Å². The van der Waals surface area contributed by atoms with Crippen molar-refractivity contribution in [3.8, 4) is 0 Å². The third-order valence-electron chi connectivity index (χ3n) is 7.13. The summed E-state index contributed by atoms with van der Waals surface area (Å²) in [4.78, 5) is 0. The van der Waals surface area contributed by atoms with E-state index in [0.29, 0.717) is 13.4 Å². The van der Waals surface area contributed by atoms with Gasteiger partial charge in [0.05, 0.1) is 18.8 Å². The van der Waals surface area contributed by atoms with Crippen LogP contribution in [0, 0.1) is 0 Å². The van der Waals surface area contributed by atoms with Crippen molar-refractivity contribution in [1.82, 2.24) is 0 Å². The van der Waals surface area contributed by atoms with E-state index in [0.717, 1.165) is 17.1 Å². The van der Waals surface area contributed by atoms with Gasteiger partial charge in [0.25, 0.3) is 8.32 Å². The first-order valence-corrected chi connectivity index (χ1v) is 21.5. The van der Waals surface area contributed by atoms with Crippen LogP contribution in [0.2, 0.25) is 30.7 Å². The van der Waals surface area contributed by atoms with Gasteiger partial charge in [-0.05, 0) is 35.3 Å². The molecule has 5 nitrogen and oxygen atoms in total. The lowest BCUT2D eigenvalue weighted by molar-refractivity contribution is -0.150. The molecule has 0 aromatic heterocycles. The van der Waals surface area contributed by atoms with Gasteiger partial charge in [0.2, 0.25) is 0 Å². The Balaban J connectivity index is 1.93. The van der Waals surface area contributed by atoms with Gasteiger partial charge >= 0.3 is 0 Å². The van der Waals surface area contributed by atoms with E-state index in [-0.39, 0.29) is 23.4 Å². The summed E-state index contributed by atoms with van der Waals surface area (Å²) in [6.07, 6.45) is 3.50. The summed E-state index contributed by atoms with van der Waals surface area (Å²) >= 11 is 2.39. The zero-order valence-electron chi connectivity index (χ0n) is 25.6. The van der Waals surface area contributed by atoms with Gasteiger partial charge in [-0.15, -0.1) is 0 Å². The Hall–Kier alpha value is -0.856. The van der Waals surface area contributed by atoms with Crippen molar-refractivity contribution >= 4 is 49.4 Å². The summed E-state index contributed by atoms with van der Waals surface area (Å²) < 4.78 is 32.7. The van der Waals surface area contributed by atoms with E-state index < -0.39 is 22.2 Å². The smallest absolute Gasteiger partial charge is 0.262 e. The van der Waals surface area contributed by atoms with Crippen LogP contribution < -0.4 is 10.4 Å². The maximum Gasteiger partial charge on any atom is 0.262 e. The molecule has 2 aromatic rings. The third-order valence-corrected chi connectivity index (χ3v) is 14.7. The highest BCUT2D eigenvalue weighted by Gasteiger charge is 2.54. The van der Waals surface area contributed by atoms with E-state index in [4.69, 9.17) is 23.4 Å². The van der Waals surface area contributed by atoms with Crippen LogP contribution in [0.25, 0.3) is 0 Å². The SMILES string of the molecule is CC1(C)O[C@@H]([C@H](/C=C/COCOCC[Si](C)(C)C)O[Si](c2ccccc2)(c2ccccc2)C(C)(C)C)[C@@H](CI)O1. The highest BCUT2D eigenvalue weighted by Crippen LogP contribution is 2.40. The molecule has 222 valence electrons. The molecule has 1 aliphatic heterocycles. The molecule has 0 spiro atoms. The van der Waals surface area contributed by atoms with Gasteiger partial charge in [0.1, 0.15) is 12.9 Å². The molecule has 2 aromatic carbocycles. The number of alkyl halides is 1. The normalized spacial score (nSPS) is 20.7. The fourth-order valence-corrected chi connectivity index (χ4v) is 11.2. The van der Waals surface area contributed by atoms with Crippen molar-refractivity contribution < 1.29 is 23.4 Å². The monoisotopic (exact) mass is 696 g/mol. The third kappa shape index (κ3) is 9.07. The van der Waals surface area contributed by atoms with Crippen LogP contribution in [0.5, 0.6) is 0 Å². The topological polar surface area (TPSA) is 46.2 Å². The van der Waals surface area contributed by atoms with Gasteiger partial charge in [-0.3, -0.25) is 0 Å². The predicted molar refractivity (Wildman–Crippen MR) is 179 cm³/mol. The van der Waals surface area contributed by atoms with Gasteiger partial charge in [0.15, 0.2) is 5.79 Å². The van der Waals surface area contributed by atoms with Crippen molar-refractivity contribution in [2.75, 3.05) is 24.4 Å². The molecule has 40 heavy (non-hydrogen) atoms. The highest BCUT2D eigenvalue weighted by molar-refractivity contribution is 14.1. The van der Waals surface area contributed by atoms with Gasteiger partial charge in [-0.25, -0.2) is 0 Å². The second-order valence-corrected chi connectivity index (χ2v) is 23.9. The maximum atomic E-state index is 7.53. The molecular formula is C32H49IO5Si2. The molecule has 0 amide bonds. The summed E-state index contributed by atoms with van der Waals surface area (Å²) in [5.74, 6) is -0.678. The molecule has 0 bridgehead atoms. The molecule has 0 N–H and O–H groups in total. The van der Waals surface area contributed by atoms with E-state index >= 15 is 0 Å². The van der Waals surface area contributed by atoms with Crippen LogP contribution in [0.1, 0.15) is 34.6 Å². The fourth-order valence-electron chi connectivity index (χ4n) is 5.17. The van der Waals surface area contributed by atoms with E-state index in [2.05, 4.69) is 130 Å². The molecule has 0 unspecified atom stereocenters. The molecule has 1 fully saturated rings. The van der Waals surface area contributed by atoms with Crippen molar-refractivity contribution in [2.45, 2.75) is 89.4 Å². The molecular weight excluding hydrogens is 647 g/mol. The molecule has 0 saturated carbocycles. The van der Waals surface area contributed by atoms with Crippen LogP contribution in [0.15, 0.2) is 72.8 Å². The Morgan fingerprint density at radius 1 is 0.925 bits per heavy atom. The highest BCUT2D eigenvalue weighted by atomic mass is 127. The number of ether oxygens (including phenoxy) is 4. The van der Waals surface area contributed by atoms with Crippen molar-refractivity contribution in [3.05, 3.63) is 72.8 Å². The average molecular weight is 697 g/mol. The van der Waals surface area contributed by atoms with Gasteiger partial charge < -0.3 is 23.4 Å². The van der Waals surface area contributed by atoms with Gasteiger partial charge in [-0.2, -0.15) is 0 Å². The quantitative estimate of drug-likeness (QED) is 0.0545. The lowest BCUT2D eigenvalue weighted by atomic mass is 10.1. The summed E-state index contributed by atoms with van der Waals surface area (Å²) in [6, 6.07) is 22.6. The lowest BCUT2D eigenvalue weighted by Gasteiger charge is -2.45. The van der Waals surface area contributed by atoms with Gasteiger partial charge in [-0.1, -0.05) is 136 Å². The standard InChI is InChI=1S/C32H49IO5Si2/c1-31(2,3)40(26-16-11-9-12-17-26,27-18-13-10-14-19-27)38-28(30-29(24-33)36-32(4,5)37-30)20-15-21-34-25-35-22-23-39(6,7)8/h9-20,28-30H,21-25H2,1-8H3/b20-15+/t28-,29+,30-/m0/s1. The number of hydrogen-bond acceptors (Lipinski definition) is 5.